The van der Waals surface area contributed by atoms with Gasteiger partial charge in [-0.25, -0.2) is 0 Å². The molecule has 1 amide bonds. The first-order valence-electron chi connectivity index (χ1n) is 8.14. The van der Waals surface area contributed by atoms with E-state index in [0.29, 0.717) is 11.3 Å². The van der Waals surface area contributed by atoms with E-state index in [1.807, 2.05) is 20.8 Å². The highest BCUT2D eigenvalue weighted by atomic mass is 16.5. The van der Waals surface area contributed by atoms with Crippen LogP contribution in [-0.2, 0) is 14.3 Å². The van der Waals surface area contributed by atoms with Gasteiger partial charge < -0.3 is 10.1 Å². The van der Waals surface area contributed by atoms with Crippen molar-refractivity contribution in [1.29, 1.82) is 0 Å². The van der Waals surface area contributed by atoms with Gasteiger partial charge in [-0.15, -0.1) is 0 Å². The number of anilines is 1. The van der Waals surface area contributed by atoms with Gasteiger partial charge in [-0.1, -0.05) is 34.6 Å². The van der Waals surface area contributed by atoms with Crippen molar-refractivity contribution in [3.05, 3.63) is 29.8 Å². The number of ether oxygens (including phenoxy) is 1. The summed E-state index contributed by atoms with van der Waals surface area (Å²) in [6.07, 6.45) is -0.582. The first-order chi connectivity index (χ1) is 11.0. The smallest absolute Gasteiger partial charge is 0.307 e. The van der Waals surface area contributed by atoms with Crippen LogP contribution in [0, 0.1) is 11.3 Å². The second-order valence-corrected chi connectivity index (χ2v) is 7.46. The fourth-order valence-electron chi connectivity index (χ4n) is 1.96. The third-order valence-corrected chi connectivity index (χ3v) is 3.31. The standard InChI is InChI=1S/C19H27NO4/c1-12(2)18(23)20-15-9-7-14(8-10-15)17(22)13(3)24-16(21)11-19(4,5)6/h7-10,12-13H,11H2,1-6H3,(H,20,23). The number of ketones is 1. The van der Waals surface area contributed by atoms with Crippen LogP contribution in [0.1, 0.15) is 58.3 Å². The maximum absolute atomic E-state index is 12.3. The van der Waals surface area contributed by atoms with Gasteiger partial charge in [0.2, 0.25) is 11.7 Å². The molecule has 0 saturated carbocycles. The van der Waals surface area contributed by atoms with E-state index in [1.165, 1.54) is 0 Å². The summed E-state index contributed by atoms with van der Waals surface area (Å²) in [7, 11) is 0. The SMILES string of the molecule is CC(C)C(=O)Nc1ccc(C(=O)C(C)OC(=O)CC(C)(C)C)cc1. The van der Waals surface area contributed by atoms with Crippen LogP contribution in [0.2, 0.25) is 0 Å². The summed E-state index contributed by atoms with van der Waals surface area (Å²) in [6.45, 7) is 11.0. The predicted octanol–water partition coefficient (Wildman–Crippen LogP) is 3.83. The first-order valence-corrected chi connectivity index (χ1v) is 8.14. The van der Waals surface area contributed by atoms with E-state index >= 15 is 0 Å². The Morgan fingerprint density at radius 2 is 1.58 bits per heavy atom. The molecule has 0 aliphatic carbocycles. The predicted molar refractivity (Wildman–Crippen MR) is 93.9 cm³/mol. The number of nitrogens with one attached hydrogen (secondary N) is 1. The van der Waals surface area contributed by atoms with Gasteiger partial charge in [0.05, 0.1) is 6.42 Å². The molecule has 0 spiro atoms. The Bertz CT molecular complexity index is 597. The summed E-state index contributed by atoms with van der Waals surface area (Å²) in [5.74, 6) is -0.852. The summed E-state index contributed by atoms with van der Waals surface area (Å²) in [4.78, 5) is 35.8. The summed E-state index contributed by atoms with van der Waals surface area (Å²) < 4.78 is 5.21. The van der Waals surface area contributed by atoms with Crippen molar-refractivity contribution in [1.82, 2.24) is 0 Å². The maximum Gasteiger partial charge on any atom is 0.307 e. The molecule has 1 N–H and O–H groups in total. The van der Waals surface area contributed by atoms with Gasteiger partial charge in [0.1, 0.15) is 0 Å². The van der Waals surface area contributed by atoms with Crippen molar-refractivity contribution in [2.75, 3.05) is 5.32 Å². The lowest BCUT2D eigenvalue weighted by Gasteiger charge is -2.19. The minimum absolute atomic E-state index is 0.0847. The second kappa shape index (κ2) is 8.08. The van der Waals surface area contributed by atoms with Crippen molar-refractivity contribution in [3.63, 3.8) is 0 Å². The van der Waals surface area contributed by atoms with Gasteiger partial charge in [0.25, 0.3) is 0 Å². The van der Waals surface area contributed by atoms with Crippen LogP contribution in [0.3, 0.4) is 0 Å². The molecular formula is C19H27NO4. The van der Waals surface area contributed by atoms with Crippen molar-refractivity contribution in [2.24, 2.45) is 11.3 Å². The normalized spacial score (nSPS) is 12.6. The first kappa shape index (κ1) is 19.9. The monoisotopic (exact) mass is 333 g/mol. The molecule has 1 aromatic carbocycles. The summed E-state index contributed by atoms with van der Waals surface area (Å²) in [6, 6.07) is 6.56. The van der Waals surface area contributed by atoms with Gasteiger partial charge in [0.15, 0.2) is 6.10 Å². The van der Waals surface area contributed by atoms with Crippen LogP contribution < -0.4 is 5.32 Å². The van der Waals surface area contributed by atoms with E-state index in [9.17, 15) is 14.4 Å². The number of hydrogen-bond donors (Lipinski definition) is 1. The van der Waals surface area contributed by atoms with E-state index in [1.54, 1.807) is 45.0 Å². The number of rotatable bonds is 6. The molecule has 1 unspecified atom stereocenters. The molecule has 1 rings (SSSR count). The van der Waals surface area contributed by atoms with E-state index in [4.69, 9.17) is 4.74 Å². The third-order valence-electron chi connectivity index (χ3n) is 3.31. The number of esters is 1. The largest absolute Gasteiger partial charge is 0.454 e. The van der Waals surface area contributed by atoms with Crippen molar-refractivity contribution in [3.8, 4) is 0 Å². The van der Waals surface area contributed by atoms with Gasteiger partial charge in [0, 0.05) is 17.2 Å². The Kier molecular flexibility index (Phi) is 6.70. The van der Waals surface area contributed by atoms with Crippen LogP contribution in [-0.4, -0.2) is 23.8 Å². The summed E-state index contributed by atoms with van der Waals surface area (Å²) in [5.41, 5.74) is 0.882. The Labute approximate surface area is 143 Å². The lowest BCUT2D eigenvalue weighted by molar-refractivity contribution is -0.148. The number of benzene rings is 1. The fraction of sp³-hybridized carbons (Fsp3) is 0.526. The Morgan fingerprint density at radius 1 is 1.04 bits per heavy atom. The number of amides is 1. The zero-order valence-corrected chi connectivity index (χ0v) is 15.3. The van der Waals surface area contributed by atoms with Gasteiger partial charge in [-0.3, -0.25) is 14.4 Å². The molecule has 5 heteroatoms. The molecular weight excluding hydrogens is 306 g/mol. The lowest BCUT2D eigenvalue weighted by atomic mass is 9.92. The van der Waals surface area contributed by atoms with Gasteiger partial charge >= 0.3 is 5.97 Å². The van der Waals surface area contributed by atoms with Crippen molar-refractivity contribution < 1.29 is 19.1 Å². The highest BCUT2D eigenvalue weighted by Gasteiger charge is 2.23. The third kappa shape index (κ3) is 6.52. The molecule has 0 bridgehead atoms. The highest BCUT2D eigenvalue weighted by Crippen LogP contribution is 2.20. The van der Waals surface area contributed by atoms with Crippen LogP contribution in [0.5, 0.6) is 0 Å². The van der Waals surface area contributed by atoms with Crippen LogP contribution >= 0.6 is 0 Å². The second-order valence-electron chi connectivity index (χ2n) is 7.46. The molecule has 0 radical (unpaired) electrons. The molecule has 0 saturated heterocycles. The highest BCUT2D eigenvalue weighted by molar-refractivity contribution is 6.01. The number of hydrogen-bond acceptors (Lipinski definition) is 4. The van der Waals surface area contributed by atoms with Gasteiger partial charge in [-0.2, -0.15) is 0 Å². The molecule has 0 fully saturated rings. The molecule has 24 heavy (non-hydrogen) atoms. The summed E-state index contributed by atoms with van der Waals surface area (Å²) in [5, 5.41) is 2.76. The van der Waals surface area contributed by atoms with Crippen molar-refractivity contribution in [2.45, 2.75) is 54.1 Å². The van der Waals surface area contributed by atoms with E-state index in [-0.39, 0.29) is 35.4 Å². The average Bonchev–Trinajstić information content (AvgIpc) is 2.44. The van der Waals surface area contributed by atoms with E-state index in [0.717, 1.165) is 0 Å². The summed E-state index contributed by atoms with van der Waals surface area (Å²) >= 11 is 0. The molecule has 5 nitrogen and oxygen atoms in total. The fourth-order valence-corrected chi connectivity index (χ4v) is 1.96. The van der Waals surface area contributed by atoms with E-state index in [2.05, 4.69) is 5.32 Å². The Morgan fingerprint density at radius 3 is 2.04 bits per heavy atom. The number of Topliss-reactive ketones (excluding diaryl/α,β-unsaturated/α-hetero) is 1. The quantitative estimate of drug-likeness (QED) is 0.634. The topological polar surface area (TPSA) is 72.5 Å². The molecule has 1 atom stereocenters. The molecule has 1 aromatic rings. The number of carbonyl (C=O) groups excluding carboxylic acids is 3. The maximum atomic E-state index is 12.3. The Balaban J connectivity index is 2.67. The minimum atomic E-state index is -0.837. The average molecular weight is 333 g/mol. The zero-order valence-electron chi connectivity index (χ0n) is 15.3. The minimum Gasteiger partial charge on any atom is -0.454 e. The zero-order chi connectivity index (χ0) is 18.5. The molecule has 0 heterocycles. The Hall–Kier alpha value is -2.17. The van der Waals surface area contributed by atoms with Crippen LogP contribution in [0.15, 0.2) is 24.3 Å². The van der Waals surface area contributed by atoms with Crippen molar-refractivity contribution >= 4 is 23.3 Å². The number of carbonyl (C=O) groups is 3. The molecule has 0 aliphatic heterocycles. The van der Waals surface area contributed by atoms with Crippen LogP contribution in [0.4, 0.5) is 5.69 Å². The van der Waals surface area contributed by atoms with E-state index < -0.39 is 6.10 Å². The molecule has 132 valence electrons. The molecule has 0 aromatic heterocycles. The van der Waals surface area contributed by atoms with Crippen LogP contribution in [0.25, 0.3) is 0 Å². The molecule has 0 aliphatic rings. The van der Waals surface area contributed by atoms with Gasteiger partial charge in [-0.05, 0) is 36.6 Å². The lowest BCUT2D eigenvalue weighted by Crippen LogP contribution is -2.26.